The Balaban J connectivity index is 1.36. The Morgan fingerprint density at radius 2 is 2.31 bits per heavy atom. The topological polar surface area (TPSA) is 65.4 Å². The number of halogens is 1. The van der Waals surface area contributed by atoms with E-state index in [1.165, 1.54) is 0 Å². The second-order valence-electron chi connectivity index (χ2n) is 6.34. The van der Waals surface area contributed by atoms with Crippen molar-refractivity contribution < 1.29 is 14.3 Å². The average Bonchev–Trinajstić information content (AvgIpc) is 3.32. The summed E-state index contributed by atoms with van der Waals surface area (Å²) in [6.07, 6.45) is 6.51. The molecule has 0 bridgehead atoms. The van der Waals surface area contributed by atoms with Gasteiger partial charge >= 0.3 is 0 Å². The van der Waals surface area contributed by atoms with Crippen molar-refractivity contribution in [2.75, 3.05) is 26.4 Å². The minimum Gasteiger partial charge on any atom is -0.379 e. The molecule has 6 nitrogen and oxygen atoms in total. The van der Waals surface area contributed by atoms with Gasteiger partial charge in [-0.05, 0) is 30.9 Å². The molecule has 7 heteroatoms. The molecule has 1 fully saturated rings. The van der Waals surface area contributed by atoms with Gasteiger partial charge in [-0.1, -0.05) is 29.8 Å². The number of carbonyl (C=O) groups is 1. The number of amides is 1. The quantitative estimate of drug-likeness (QED) is 0.682. The van der Waals surface area contributed by atoms with Crippen LogP contribution in [0.5, 0.6) is 0 Å². The molecule has 1 aliphatic heterocycles. The first-order valence-corrected chi connectivity index (χ1v) is 9.33. The monoisotopic (exact) mass is 377 g/mol. The van der Waals surface area contributed by atoms with Crippen molar-refractivity contribution in [1.82, 2.24) is 15.1 Å². The van der Waals surface area contributed by atoms with Gasteiger partial charge in [0.25, 0.3) is 5.91 Å². The van der Waals surface area contributed by atoms with E-state index in [2.05, 4.69) is 10.4 Å². The van der Waals surface area contributed by atoms with Gasteiger partial charge in [0.2, 0.25) is 0 Å². The van der Waals surface area contributed by atoms with Gasteiger partial charge in [-0.15, -0.1) is 0 Å². The van der Waals surface area contributed by atoms with Gasteiger partial charge in [-0.3, -0.25) is 9.48 Å². The highest BCUT2D eigenvalue weighted by molar-refractivity contribution is 6.31. The molecular weight excluding hydrogens is 354 g/mol. The molecule has 2 aromatic rings. The molecule has 140 valence electrons. The van der Waals surface area contributed by atoms with E-state index in [9.17, 15) is 4.79 Å². The number of rotatable bonds is 9. The number of carbonyl (C=O) groups excluding carboxylic acids is 1. The van der Waals surface area contributed by atoms with Gasteiger partial charge in [0, 0.05) is 31.0 Å². The Labute approximate surface area is 158 Å². The molecule has 1 saturated heterocycles. The SMILES string of the molecule is O=C(NCCCOCC1CCCO1)c1cnn(Cc2ccccc2Cl)c1. The summed E-state index contributed by atoms with van der Waals surface area (Å²) in [5.74, 6) is -0.130. The largest absolute Gasteiger partial charge is 0.379 e. The van der Waals surface area contributed by atoms with Crippen LogP contribution in [0.1, 0.15) is 35.2 Å². The molecule has 1 aromatic heterocycles. The Bertz CT molecular complexity index is 714. The molecule has 1 aliphatic rings. The van der Waals surface area contributed by atoms with Crippen LogP contribution in [0.25, 0.3) is 0 Å². The van der Waals surface area contributed by atoms with E-state index in [1.807, 2.05) is 24.3 Å². The number of nitrogens with zero attached hydrogens (tertiary/aromatic N) is 2. The molecule has 0 saturated carbocycles. The fourth-order valence-electron chi connectivity index (χ4n) is 2.84. The molecule has 0 aliphatic carbocycles. The lowest BCUT2D eigenvalue weighted by Gasteiger charge is -2.10. The summed E-state index contributed by atoms with van der Waals surface area (Å²) in [6.45, 7) is 3.20. The van der Waals surface area contributed by atoms with Crippen LogP contribution in [0.2, 0.25) is 5.02 Å². The number of hydrogen-bond donors (Lipinski definition) is 1. The van der Waals surface area contributed by atoms with Gasteiger partial charge in [0.15, 0.2) is 0 Å². The van der Waals surface area contributed by atoms with Crippen molar-refractivity contribution in [3.05, 3.63) is 52.8 Å². The maximum absolute atomic E-state index is 12.2. The van der Waals surface area contributed by atoms with Crippen LogP contribution in [-0.2, 0) is 16.0 Å². The number of benzene rings is 1. The standard InChI is InChI=1S/C19H24ClN3O3/c20-18-7-2-1-5-15(18)12-23-13-16(11-22-23)19(24)21-8-4-9-25-14-17-6-3-10-26-17/h1-2,5,7,11,13,17H,3-4,6,8-10,12,14H2,(H,21,24). The number of aromatic nitrogens is 2. The van der Waals surface area contributed by atoms with Crippen molar-refractivity contribution in [3.63, 3.8) is 0 Å². The third-order valence-electron chi connectivity index (χ3n) is 4.26. The fourth-order valence-corrected chi connectivity index (χ4v) is 3.03. The number of nitrogens with one attached hydrogen (secondary N) is 1. The highest BCUT2D eigenvalue weighted by Crippen LogP contribution is 2.16. The van der Waals surface area contributed by atoms with Gasteiger partial charge in [0.1, 0.15) is 0 Å². The summed E-state index contributed by atoms with van der Waals surface area (Å²) in [5, 5.41) is 7.81. The van der Waals surface area contributed by atoms with Crippen LogP contribution >= 0.6 is 11.6 Å². The Morgan fingerprint density at radius 3 is 3.12 bits per heavy atom. The maximum atomic E-state index is 12.2. The first kappa shape index (κ1) is 18.9. The van der Waals surface area contributed by atoms with E-state index in [0.717, 1.165) is 31.4 Å². The summed E-state index contributed by atoms with van der Waals surface area (Å²) >= 11 is 6.16. The molecule has 0 radical (unpaired) electrons. The van der Waals surface area contributed by atoms with Crippen molar-refractivity contribution in [3.8, 4) is 0 Å². The average molecular weight is 378 g/mol. The lowest BCUT2D eigenvalue weighted by molar-refractivity contribution is 0.0166. The predicted molar refractivity (Wildman–Crippen MR) is 99.5 cm³/mol. The van der Waals surface area contributed by atoms with Crippen LogP contribution in [0, 0.1) is 0 Å². The van der Waals surface area contributed by atoms with Crippen LogP contribution in [0.15, 0.2) is 36.7 Å². The van der Waals surface area contributed by atoms with Gasteiger partial charge in [-0.25, -0.2) is 0 Å². The Hall–Kier alpha value is -1.89. The van der Waals surface area contributed by atoms with Crippen molar-refractivity contribution >= 4 is 17.5 Å². The molecule has 2 heterocycles. The highest BCUT2D eigenvalue weighted by atomic mass is 35.5. The second-order valence-corrected chi connectivity index (χ2v) is 6.74. The molecular formula is C19H24ClN3O3. The molecule has 26 heavy (non-hydrogen) atoms. The smallest absolute Gasteiger partial charge is 0.254 e. The summed E-state index contributed by atoms with van der Waals surface area (Å²) in [7, 11) is 0. The minimum atomic E-state index is -0.130. The summed E-state index contributed by atoms with van der Waals surface area (Å²) in [5.41, 5.74) is 1.50. The van der Waals surface area contributed by atoms with Crippen LogP contribution in [0.4, 0.5) is 0 Å². The molecule has 1 N–H and O–H groups in total. The number of hydrogen-bond acceptors (Lipinski definition) is 4. The number of ether oxygens (including phenoxy) is 2. The summed E-state index contributed by atoms with van der Waals surface area (Å²) < 4.78 is 12.8. The van der Waals surface area contributed by atoms with Crippen molar-refractivity contribution in [1.29, 1.82) is 0 Å². The minimum absolute atomic E-state index is 0.130. The first-order valence-electron chi connectivity index (χ1n) is 8.96. The van der Waals surface area contributed by atoms with E-state index in [0.29, 0.717) is 36.9 Å². The zero-order valence-corrected chi connectivity index (χ0v) is 15.5. The highest BCUT2D eigenvalue weighted by Gasteiger charge is 2.15. The van der Waals surface area contributed by atoms with Crippen LogP contribution in [-0.4, -0.2) is 48.2 Å². The Kier molecular flexibility index (Phi) is 7.05. The predicted octanol–water partition coefficient (Wildman–Crippen LogP) is 2.90. The first-order chi connectivity index (χ1) is 12.7. The van der Waals surface area contributed by atoms with Crippen LogP contribution in [0.3, 0.4) is 0 Å². The van der Waals surface area contributed by atoms with Gasteiger partial charge < -0.3 is 14.8 Å². The summed E-state index contributed by atoms with van der Waals surface area (Å²) in [6, 6.07) is 7.60. The van der Waals surface area contributed by atoms with E-state index < -0.39 is 0 Å². The Morgan fingerprint density at radius 1 is 1.42 bits per heavy atom. The zero-order valence-electron chi connectivity index (χ0n) is 14.7. The van der Waals surface area contributed by atoms with E-state index in [-0.39, 0.29) is 12.0 Å². The third-order valence-corrected chi connectivity index (χ3v) is 4.63. The summed E-state index contributed by atoms with van der Waals surface area (Å²) in [4.78, 5) is 12.2. The van der Waals surface area contributed by atoms with Crippen molar-refractivity contribution in [2.45, 2.75) is 31.9 Å². The fraction of sp³-hybridized carbons (Fsp3) is 0.474. The van der Waals surface area contributed by atoms with E-state index in [4.69, 9.17) is 21.1 Å². The normalized spacial score (nSPS) is 16.7. The molecule has 1 amide bonds. The van der Waals surface area contributed by atoms with Crippen LogP contribution < -0.4 is 5.32 Å². The van der Waals surface area contributed by atoms with E-state index >= 15 is 0 Å². The second kappa shape index (κ2) is 9.71. The maximum Gasteiger partial charge on any atom is 0.254 e. The lowest BCUT2D eigenvalue weighted by atomic mass is 10.2. The lowest BCUT2D eigenvalue weighted by Crippen LogP contribution is -2.25. The van der Waals surface area contributed by atoms with E-state index in [1.54, 1.807) is 17.1 Å². The molecule has 1 atom stereocenters. The zero-order chi connectivity index (χ0) is 18.2. The van der Waals surface area contributed by atoms with Crippen molar-refractivity contribution in [2.24, 2.45) is 0 Å². The third kappa shape index (κ3) is 5.56. The van der Waals surface area contributed by atoms with Gasteiger partial charge in [0.05, 0.1) is 31.0 Å². The molecule has 1 aromatic carbocycles. The molecule has 3 rings (SSSR count). The molecule has 1 unspecified atom stereocenters. The molecule has 0 spiro atoms. The van der Waals surface area contributed by atoms with Gasteiger partial charge in [-0.2, -0.15) is 5.10 Å².